The van der Waals surface area contributed by atoms with Crippen molar-refractivity contribution in [1.29, 1.82) is 0 Å². The van der Waals surface area contributed by atoms with Gasteiger partial charge in [-0.25, -0.2) is 4.79 Å². The van der Waals surface area contributed by atoms with Gasteiger partial charge < -0.3 is 14.8 Å². The number of carbonyl (C=O) groups excluding carboxylic acids is 2. The number of hydrogen-bond donors (Lipinski definition) is 1. The topological polar surface area (TPSA) is 64.6 Å². The van der Waals surface area contributed by atoms with Crippen LogP contribution in [-0.4, -0.2) is 37.9 Å². The first-order chi connectivity index (χ1) is 10.0. The number of carbonyl (C=O) groups is 2. The standard InChI is InChI=1S/C15H21NO4S/c1-5-10(2)16-14(17)9-20-15(18)12-7-6-11(21-4)8-13(12)19-3/h6-8,10H,5,9H2,1-4H3,(H,16,17)/t10-/m1/s1. The van der Waals surface area contributed by atoms with Gasteiger partial charge in [-0.2, -0.15) is 0 Å². The number of benzene rings is 1. The van der Waals surface area contributed by atoms with Gasteiger partial charge in [0.2, 0.25) is 0 Å². The summed E-state index contributed by atoms with van der Waals surface area (Å²) in [5.41, 5.74) is 0.312. The molecular weight excluding hydrogens is 290 g/mol. The van der Waals surface area contributed by atoms with Gasteiger partial charge in [-0.3, -0.25) is 4.79 Å². The molecule has 1 aromatic carbocycles. The molecule has 0 bridgehead atoms. The van der Waals surface area contributed by atoms with Crippen LogP contribution < -0.4 is 10.1 Å². The van der Waals surface area contributed by atoms with Crippen molar-refractivity contribution in [3.63, 3.8) is 0 Å². The van der Waals surface area contributed by atoms with Crippen LogP contribution in [0.3, 0.4) is 0 Å². The number of rotatable bonds is 7. The molecule has 0 heterocycles. The third-order valence-electron chi connectivity index (χ3n) is 2.98. The summed E-state index contributed by atoms with van der Waals surface area (Å²) in [5, 5.41) is 2.73. The smallest absolute Gasteiger partial charge is 0.342 e. The summed E-state index contributed by atoms with van der Waals surface area (Å²) in [7, 11) is 1.49. The van der Waals surface area contributed by atoms with Crippen molar-refractivity contribution in [2.24, 2.45) is 0 Å². The largest absolute Gasteiger partial charge is 0.496 e. The highest BCUT2D eigenvalue weighted by molar-refractivity contribution is 7.98. The molecule has 0 aromatic heterocycles. The molecule has 6 heteroatoms. The highest BCUT2D eigenvalue weighted by Crippen LogP contribution is 2.25. The third kappa shape index (κ3) is 5.30. The molecule has 0 spiro atoms. The Morgan fingerprint density at radius 2 is 2.10 bits per heavy atom. The van der Waals surface area contributed by atoms with Crippen LogP contribution in [0.25, 0.3) is 0 Å². The normalized spacial score (nSPS) is 11.6. The van der Waals surface area contributed by atoms with Crippen LogP contribution in [0.4, 0.5) is 0 Å². The molecule has 1 N–H and O–H groups in total. The lowest BCUT2D eigenvalue weighted by Gasteiger charge is -2.12. The Morgan fingerprint density at radius 3 is 2.67 bits per heavy atom. The van der Waals surface area contributed by atoms with E-state index in [4.69, 9.17) is 9.47 Å². The van der Waals surface area contributed by atoms with Crippen LogP contribution in [0.5, 0.6) is 5.75 Å². The second-order valence-electron chi connectivity index (χ2n) is 4.52. The summed E-state index contributed by atoms with van der Waals surface area (Å²) in [5.74, 6) is -0.439. The molecule has 0 saturated carbocycles. The number of ether oxygens (including phenoxy) is 2. The van der Waals surface area contributed by atoms with Crippen LogP contribution in [0.1, 0.15) is 30.6 Å². The zero-order chi connectivity index (χ0) is 15.8. The minimum Gasteiger partial charge on any atom is -0.496 e. The summed E-state index contributed by atoms with van der Waals surface area (Å²) >= 11 is 1.55. The van der Waals surface area contributed by atoms with Gasteiger partial charge in [0.1, 0.15) is 11.3 Å². The van der Waals surface area contributed by atoms with E-state index in [9.17, 15) is 9.59 Å². The molecule has 0 unspecified atom stereocenters. The van der Waals surface area contributed by atoms with E-state index in [-0.39, 0.29) is 18.6 Å². The van der Waals surface area contributed by atoms with Crippen LogP contribution in [-0.2, 0) is 9.53 Å². The van der Waals surface area contributed by atoms with E-state index < -0.39 is 5.97 Å². The van der Waals surface area contributed by atoms with Crippen molar-refractivity contribution in [2.75, 3.05) is 20.0 Å². The summed E-state index contributed by atoms with van der Waals surface area (Å²) < 4.78 is 10.2. The molecule has 0 fully saturated rings. The zero-order valence-electron chi connectivity index (χ0n) is 12.8. The van der Waals surface area contributed by atoms with Crippen LogP contribution in [0.2, 0.25) is 0 Å². The van der Waals surface area contributed by atoms with Crippen molar-refractivity contribution in [1.82, 2.24) is 5.32 Å². The minimum absolute atomic E-state index is 0.0617. The first kappa shape index (κ1) is 17.4. The van der Waals surface area contributed by atoms with Crippen LogP contribution in [0.15, 0.2) is 23.1 Å². The average Bonchev–Trinajstić information content (AvgIpc) is 2.51. The van der Waals surface area contributed by atoms with Gasteiger partial charge in [0.05, 0.1) is 7.11 Å². The van der Waals surface area contributed by atoms with Crippen molar-refractivity contribution < 1.29 is 19.1 Å². The van der Waals surface area contributed by atoms with E-state index >= 15 is 0 Å². The third-order valence-corrected chi connectivity index (χ3v) is 3.71. The Bertz CT molecular complexity index is 504. The molecule has 1 amide bonds. The SMILES string of the molecule is CC[C@@H](C)NC(=O)COC(=O)c1ccc(SC)cc1OC. The summed E-state index contributed by atoms with van der Waals surface area (Å²) in [4.78, 5) is 24.6. The first-order valence-corrected chi connectivity index (χ1v) is 7.92. The molecule has 0 aliphatic rings. The highest BCUT2D eigenvalue weighted by Gasteiger charge is 2.16. The maximum Gasteiger partial charge on any atom is 0.342 e. The van der Waals surface area contributed by atoms with Gasteiger partial charge in [0.25, 0.3) is 5.91 Å². The van der Waals surface area contributed by atoms with Crippen molar-refractivity contribution in [2.45, 2.75) is 31.2 Å². The number of hydrogen-bond acceptors (Lipinski definition) is 5. The molecule has 1 rings (SSSR count). The van der Waals surface area contributed by atoms with Crippen molar-refractivity contribution >= 4 is 23.6 Å². The van der Waals surface area contributed by atoms with Gasteiger partial charge in [0.15, 0.2) is 6.61 Å². The Morgan fingerprint density at radius 1 is 1.38 bits per heavy atom. The quantitative estimate of drug-likeness (QED) is 0.619. The van der Waals surface area contributed by atoms with Gasteiger partial charge in [-0.05, 0) is 37.8 Å². The second-order valence-corrected chi connectivity index (χ2v) is 5.40. The molecule has 1 aromatic rings. The van der Waals surface area contributed by atoms with Gasteiger partial charge in [0, 0.05) is 10.9 Å². The summed E-state index contributed by atoms with van der Waals surface area (Å²) in [6, 6.07) is 5.27. The molecule has 0 radical (unpaired) electrons. The average molecular weight is 311 g/mol. The predicted molar refractivity (Wildman–Crippen MR) is 83.0 cm³/mol. The maximum absolute atomic E-state index is 12.0. The zero-order valence-corrected chi connectivity index (χ0v) is 13.6. The fourth-order valence-electron chi connectivity index (χ4n) is 1.59. The molecule has 0 aliphatic carbocycles. The Kier molecular flexibility index (Phi) is 7.08. The lowest BCUT2D eigenvalue weighted by molar-refractivity contribution is -0.124. The number of methoxy groups -OCH3 is 1. The predicted octanol–water partition coefficient (Wildman–Crippen LogP) is 2.49. The Labute approximate surface area is 129 Å². The summed E-state index contributed by atoms with van der Waals surface area (Å²) in [6.45, 7) is 3.57. The monoisotopic (exact) mass is 311 g/mol. The molecular formula is C15H21NO4S. The lowest BCUT2D eigenvalue weighted by Crippen LogP contribution is -2.35. The molecule has 5 nitrogen and oxygen atoms in total. The van der Waals surface area contributed by atoms with Crippen LogP contribution in [0, 0.1) is 0 Å². The molecule has 116 valence electrons. The van der Waals surface area contributed by atoms with Crippen molar-refractivity contribution in [3.05, 3.63) is 23.8 Å². The maximum atomic E-state index is 12.0. The molecule has 0 saturated heterocycles. The van der Waals surface area contributed by atoms with E-state index in [0.717, 1.165) is 11.3 Å². The second kappa shape index (κ2) is 8.56. The number of amides is 1. The van der Waals surface area contributed by atoms with E-state index in [1.807, 2.05) is 26.2 Å². The van der Waals surface area contributed by atoms with Crippen molar-refractivity contribution in [3.8, 4) is 5.75 Å². The van der Waals surface area contributed by atoms with Gasteiger partial charge in [-0.1, -0.05) is 6.92 Å². The van der Waals surface area contributed by atoms with E-state index in [1.165, 1.54) is 7.11 Å². The fourth-order valence-corrected chi connectivity index (χ4v) is 2.02. The fraction of sp³-hybridized carbons (Fsp3) is 0.467. The molecule has 0 aliphatic heterocycles. The van der Waals surface area contributed by atoms with E-state index in [2.05, 4.69) is 5.32 Å². The lowest BCUT2D eigenvalue weighted by atomic mass is 10.2. The van der Waals surface area contributed by atoms with Crippen LogP contribution >= 0.6 is 11.8 Å². The van der Waals surface area contributed by atoms with E-state index in [1.54, 1.807) is 23.9 Å². The minimum atomic E-state index is -0.571. The van der Waals surface area contributed by atoms with Gasteiger partial charge >= 0.3 is 5.97 Å². The first-order valence-electron chi connectivity index (χ1n) is 6.70. The van der Waals surface area contributed by atoms with E-state index in [0.29, 0.717) is 11.3 Å². The number of esters is 1. The van der Waals surface area contributed by atoms with Gasteiger partial charge in [-0.15, -0.1) is 11.8 Å². The molecule has 21 heavy (non-hydrogen) atoms. The number of nitrogens with one attached hydrogen (secondary N) is 1. The Hall–Kier alpha value is -1.69. The number of thioether (sulfide) groups is 1. The summed E-state index contributed by atoms with van der Waals surface area (Å²) in [6.07, 6.45) is 2.76. The molecule has 1 atom stereocenters. The highest BCUT2D eigenvalue weighted by atomic mass is 32.2. The Balaban J connectivity index is 2.65.